The topological polar surface area (TPSA) is 115 Å². The Balaban J connectivity index is 1.61. The van der Waals surface area contributed by atoms with Crippen molar-refractivity contribution in [1.29, 1.82) is 0 Å². The minimum atomic E-state index is -0.308. The van der Waals surface area contributed by atoms with Crippen LogP contribution in [-0.4, -0.2) is 44.8 Å². The summed E-state index contributed by atoms with van der Waals surface area (Å²) in [5.74, 6) is 0.145. The molecule has 2 heterocycles. The van der Waals surface area contributed by atoms with E-state index in [0.717, 1.165) is 11.3 Å². The molecular weight excluding hydrogens is 396 g/mol. The quantitative estimate of drug-likeness (QED) is 0.651. The molecule has 1 saturated carbocycles. The van der Waals surface area contributed by atoms with Gasteiger partial charge in [-0.25, -0.2) is 0 Å². The van der Waals surface area contributed by atoms with E-state index in [9.17, 15) is 9.59 Å². The lowest BCUT2D eigenvalue weighted by molar-refractivity contribution is -0.124. The summed E-state index contributed by atoms with van der Waals surface area (Å²) in [6.07, 6.45) is 1.02. The zero-order valence-electron chi connectivity index (χ0n) is 18.0. The van der Waals surface area contributed by atoms with E-state index in [1.54, 1.807) is 11.7 Å². The van der Waals surface area contributed by atoms with Gasteiger partial charge in [-0.15, -0.1) is 0 Å². The fraction of sp³-hybridized carbons (Fsp3) is 0.409. The average Bonchev–Trinajstić information content (AvgIpc) is 3.46. The Morgan fingerprint density at radius 2 is 1.90 bits per heavy atom. The van der Waals surface area contributed by atoms with E-state index in [4.69, 9.17) is 4.52 Å². The Labute approximate surface area is 180 Å². The molecule has 2 N–H and O–H groups in total. The lowest BCUT2D eigenvalue weighted by Gasteiger charge is -2.18. The molecule has 3 aromatic rings. The van der Waals surface area contributed by atoms with E-state index < -0.39 is 0 Å². The number of aromatic nitrogens is 4. The molecular formula is C22H26N6O3. The maximum absolute atomic E-state index is 13.1. The average molecular weight is 422 g/mol. The van der Waals surface area contributed by atoms with E-state index in [0.29, 0.717) is 35.8 Å². The first-order valence-corrected chi connectivity index (χ1v) is 10.3. The number of rotatable bonds is 5. The third-order valence-electron chi connectivity index (χ3n) is 6.02. The molecule has 0 spiro atoms. The molecule has 1 aromatic carbocycles. The summed E-state index contributed by atoms with van der Waals surface area (Å²) in [6.45, 7) is 3.67. The second-order valence-corrected chi connectivity index (χ2v) is 7.96. The van der Waals surface area contributed by atoms with Crippen LogP contribution in [0.25, 0.3) is 11.4 Å². The van der Waals surface area contributed by atoms with Gasteiger partial charge in [0, 0.05) is 37.3 Å². The van der Waals surface area contributed by atoms with E-state index >= 15 is 0 Å². The summed E-state index contributed by atoms with van der Waals surface area (Å²) in [4.78, 5) is 30.0. The van der Waals surface area contributed by atoms with Gasteiger partial charge in [-0.3, -0.25) is 14.3 Å². The number of carbonyl (C=O) groups excluding carboxylic acids is 2. The minimum Gasteiger partial charge on any atom is -0.359 e. The van der Waals surface area contributed by atoms with Gasteiger partial charge in [-0.05, 0) is 26.7 Å². The Bertz CT molecular complexity index is 1100. The van der Waals surface area contributed by atoms with Crippen LogP contribution in [0.15, 0.2) is 34.9 Å². The fourth-order valence-electron chi connectivity index (χ4n) is 4.32. The van der Waals surface area contributed by atoms with Crippen molar-refractivity contribution in [1.82, 2.24) is 30.6 Å². The number of nitrogens with one attached hydrogen (secondary N) is 2. The third-order valence-corrected chi connectivity index (χ3v) is 6.02. The first-order valence-electron chi connectivity index (χ1n) is 10.3. The Kier molecular flexibility index (Phi) is 5.58. The fourth-order valence-corrected chi connectivity index (χ4v) is 4.32. The summed E-state index contributed by atoms with van der Waals surface area (Å²) in [7, 11) is 3.43. The van der Waals surface area contributed by atoms with Crippen LogP contribution in [0.5, 0.6) is 0 Å². The van der Waals surface area contributed by atoms with E-state index in [-0.39, 0.29) is 29.7 Å². The molecule has 31 heavy (non-hydrogen) atoms. The number of benzene rings is 1. The second-order valence-electron chi connectivity index (χ2n) is 7.96. The highest BCUT2D eigenvalue weighted by Crippen LogP contribution is 2.39. The van der Waals surface area contributed by atoms with Crippen LogP contribution in [-0.2, 0) is 11.8 Å². The molecule has 1 aliphatic carbocycles. The Morgan fingerprint density at radius 3 is 2.55 bits per heavy atom. The van der Waals surface area contributed by atoms with Crippen molar-refractivity contribution in [2.75, 3.05) is 7.05 Å². The highest BCUT2D eigenvalue weighted by molar-refractivity contribution is 5.96. The number of nitrogens with zero attached hydrogens (tertiary/aromatic N) is 4. The molecule has 9 nitrogen and oxygen atoms in total. The molecule has 162 valence electrons. The number of carbonyl (C=O) groups is 2. The zero-order valence-corrected chi connectivity index (χ0v) is 18.0. The van der Waals surface area contributed by atoms with Crippen LogP contribution < -0.4 is 10.6 Å². The van der Waals surface area contributed by atoms with Crippen molar-refractivity contribution >= 4 is 11.8 Å². The summed E-state index contributed by atoms with van der Waals surface area (Å²) in [6, 6.07) is 9.24. The third kappa shape index (κ3) is 3.95. The first-order chi connectivity index (χ1) is 14.9. The van der Waals surface area contributed by atoms with Crippen molar-refractivity contribution in [3.63, 3.8) is 0 Å². The normalized spacial score (nSPS) is 20.6. The van der Waals surface area contributed by atoms with Crippen LogP contribution in [0.2, 0.25) is 0 Å². The highest BCUT2D eigenvalue weighted by atomic mass is 16.5. The van der Waals surface area contributed by atoms with Gasteiger partial charge >= 0.3 is 0 Å². The molecule has 0 bridgehead atoms. The van der Waals surface area contributed by atoms with E-state index in [1.807, 2.05) is 51.2 Å². The monoisotopic (exact) mass is 422 g/mol. The molecule has 0 radical (unpaired) electrons. The molecule has 4 rings (SSSR count). The van der Waals surface area contributed by atoms with Crippen molar-refractivity contribution in [2.45, 2.75) is 38.6 Å². The van der Waals surface area contributed by atoms with Crippen LogP contribution in [0.4, 0.5) is 0 Å². The van der Waals surface area contributed by atoms with E-state index in [1.165, 1.54) is 0 Å². The predicted molar refractivity (Wildman–Crippen MR) is 113 cm³/mol. The zero-order chi connectivity index (χ0) is 22.1. The molecule has 2 amide bonds. The number of hydrogen-bond acceptors (Lipinski definition) is 6. The van der Waals surface area contributed by atoms with Gasteiger partial charge in [-0.2, -0.15) is 10.1 Å². The van der Waals surface area contributed by atoms with Gasteiger partial charge in [0.05, 0.1) is 17.2 Å². The lowest BCUT2D eigenvalue weighted by atomic mass is 10.0. The number of aryl methyl sites for hydroxylation is 2. The summed E-state index contributed by atoms with van der Waals surface area (Å²) in [5, 5.41) is 14.2. The van der Waals surface area contributed by atoms with Gasteiger partial charge in [0.15, 0.2) is 0 Å². The van der Waals surface area contributed by atoms with Gasteiger partial charge in [0.2, 0.25) is 17.6 Å². The summed E-state index contributed by atoms with van der Waals surface area (Å²) in [5.41, 5.74) is 2.86. The Morgan fingerprint density at radius 1 is 1.16 bits per heavy atom. The summed E-state index contributed by atoms with van der Waals surface area (Å²) >= 11 is 0. The van der Waals surface area contributed by atoms with E-state index in [2.05, 4.69) is 25.9 Å². The molecule has 2 aromatic heterocycles. The van der Waals surface area contributed by atoms with Crippen LogP contribution in [0.1, 0.15) is 46.4 Å². The van der Waals surface area contributed by atoms with Crippen molar-refractivity contribution < 1.29 is 14.1 Å². The van der Waals surface area contributed by atoms with Crippen molar-refractivity contribution in [3.05, 3.63) is 53.2 Å². The number of hydrogen-bond donors (Lipinski definition) is 2. The smallest absolute Gasteiger partial charge is 0.255 e. The maximum Gasteiger partial charge on any atom is 0.255 e. The first kappa shape index (κ1) is 20.8. The maximum atomic E-state index is 13.1. The lowest BCUT2D eigenvalue weighted by Crippen LogP contribution is -2.37. The summed E-state index contributed by atoms with van der Waals surface area (Å²) < 4.78 is 7.26. The molecule has 9 heteroatoms. The SMILES string of the molecule is CNC(=O)[C@H]1C[C@H](NC(=O)c2c(C)nn(C)c2C)[C@H](c2nc(-c3ccccc3)no2)C1. The van der Waals surface area contributed by atoms with Crippen molar-refractivity contribution in [3.8, 4) is 11.4 Å². The van der Waals surface area contributed by atoms with Gasteiger partial charge < -0.3 is 15.2 Å². The molecule has 3 atom stereocenters. The van der Waals surface area contributed by atoms with Crippen LogP contribution in [0.3, 0.4) is 0 Å². The highest BCUT2D eigenvalue weighted by Gasteiger charge is 2.42. The van der Waals surface area contributed by atoms with Crippen LogP contribution in [0, 0.1) is 19.8 Å². The van der Waals surface area contributed by atoms with Gasteiger partial charge in [-0.1, -0.05) is 35.5 Å². The largest absolute Gasteiger partial charge is 0.359 e. The minimum absolute atomic E-state index is 0.0571. The standard InChI is InChI=1S/C22H26N6O3/c1-12-18(13(2)28(4)26-12)21(30)24-17-11-15(20(29)23-3)10-16(17)22-25-19(27-31-22)14-8-6-5-7-9-14/h5-9,15-17H,10-11H2,1-4H3,(H,23,29)(H,24,30)/t15-,16-,17+/m1/s1. The molecule has 1 aliphatic rings. The van der Waals surface area contributed by atoms with Crippen LogP contribution >= 0.6 is 0 Å². The number of amides is 2. The molecule has 0 saturated heterocycles. The Hall–Kier alpha value is -3.49. The molecule has 1 fully saturated rings. The second kappa shape index (κ2) is 8.33. The van der Waals surface area contributed by atoms with Gasteiger partial charge in [0.1, 0.15) is 0 Å². The van der Waals surface area contributed by atoms with Crippen molar-refractivity contribution in [2.24, 2.45) is 13.0 Å². The molecule has 0 unspecified atom stereocenters. The molecule has 0 aliphatic heterocycles. The van der Waals surface area contributed by atoms with Gasteiger partial charge in [0.25, 0.3) is 5.91 Å². The predicted octanol–water partition coefficient (Wildman–Crippen LogP) is 2.13.